The van der Waals surface area contributed by atoms with Gasteiger partial charge in [0, 0.05) is 44.4 Å². The second kappa shape index (κ2) is 5.49. The highest BCUT2D eigenvalue weighted by molar-refractivity contribution is 5.48. The zero-order valence-electron chi connectivity index (χ0n) is 13.2. The number of rotatable bonds is 3. The predicted octanol–water partition coefficient (Wildman–Crippen LogP) is 0.705. The first kappa shape index (κ1) is 13.9. The van der Waals surface area contributed by atoms with Gasteiger partial charge in [0.1, 0.15) is 12.1 Å². The van der Waals surface area contributed by atoms with E-state index in [1.54, 1.807) is 4.52 Å². The van der Waals surface area contributed by atoms with E-state index in [4.69, 9.17) is 4.42 Å². The van der Waals surface area contributed by atoms with Crippen molar-refractivity contribution in [3.8, 4) is 0 Å². The van der Waals surface area contributed by atoms with Crippen molar-refractivity contribution in [3.05, 3.63) is 24.0 Å². The lowest BCUT2D eigenvalue weighted by Gasteiger charge is -2.34. The number of aromatic nitrogens is 6. The van der Waals surface area contributed by atoms with Crippen LogP contribution >= 0.6 is 0 Å². The van der Waals surface area contributed by atoms with Crippen LogP contribution in [0.3, 0.4) is 0 Å². The SMILES string of the molecule is CCc1nnc(N2CCN(c3cc(C)nc4ncnn34)CC2)o1. The molecule has 3 aromatic rings. The Morgan fingerprint density at radius 3 is 2.65 bits per heavy atom. The van der Waals surface area contributed by atoms with E-state index in [-0.39, 0.29) is 0 Å². The minimum absolute atomic E-state index is 0.610. The van der Waals surface area contributed by atoms with Gasteiger partial charge in [-0.25, -0.2) is 4.98 Å². The van der Waals surface area contributed by atoms with Crippen molar-refractivity contribution in [2.24, 2.45) is 0 Å². The maximum absolute atomic E-state index is 5.64. The normalized spacial score (nSPS) is 15.6. The summed E-state index contributed by atoms with van der Waals surface area (Å²) in [6.45, 7) is 7.32. The summed E-state index contributed by atoms with van der Waals surface area (Å²) < 4.78 is 7.42. The molecule has 1 aliphatic heterocycles. The molecule has 0 N–H and O–H groups in total. The maximum atomic E-state index is 5.64. The Morgan fingerprint density at radius 2 is 1.91 bits per heavy atom. The largest absolute Gasteiger partial charge is 0.408 e. The van der Waals surface area contributed by atoms with Crippen LogP contribution in [-0.4, -0.2) is 56.0 Å². The number of aryl methyl sites for hydroxylation is 2. The fraction of sp³-hybridized carbons (Fsp3) is 0.500. The third kappa shape index (κ3) is 2.47. The van der Waals surface area contributed by atoms with E-state index in [1.165, 1.54) is 6.33 Å². The third-order valence-electron chi connectivity index (χ3n) is 3.99. The molecule has 4 rings (SSSR count). The van der Waals surface area contributed by atoms with Crippen LogP contribution in [0, 0.1) is 6.92 Å². The van der Waals surface area contributed by atoms with Gasteiger partial charge in [0.15, 0.2) is 0 Å². The molecule has 0 spiro atoms. The predicted molar refractivity (Wildman–Crippen MR) is 83.6 cm³/mol. The molecule has 9 heteroatoms. The second-order valence-corrected chi connectivity index (χ2v) is 5.53. The van der Waals surface area contributed by atoms with Gasteiger partial charge in [-0.3, -0.25) is 0 Å². The average Bonchev–Trinajstić information content (AvgIpc) is 3.23. The number of hydrogen-bond acceptors (Lipinski definition) is 8. The summed E-state index contributed by atoms with van der Waals surface area (Å²) in [7, 11) is 0. The molecule has 0 amide bonds. The first-order valence-electron chi connectivity index (χ1n) is 7.74. The smallest absolute Gasteiger partial charge is 0.318 e. The van der Waals surface area contributed by atoms with Crippen LogP contribution in [-0.2, 0) is 6.42 Å². The monoisotopic (exact) mass is 314 g/mol. The number of nitrogens with zero attached hydrogens (tertiary/aromatic N) is 8. The minimum Gasteiger partial charge on any atom is -0.408 e. The molecule has 3 aromatic heterocycles. The zero-order valence-corrected chi connectivity index (χ0v) is 13.2. The lowest BCUT2D eigenvalue weighted by molar-refractivity contribution is 0.478. The van der Waals surface area contributed by atoms with Gasteiger partial charge in [-0.05, 0) is 6.92 Å². The summed E-state index contributed by atoms with van der Waals surface area (Å²) in [5.41, 5.74) is 0.937. The standard InChI is InChI=1S/C14H18N8O/c1-3-11-18-19-14(23-11)21-6-4-20(5-7-21)12-8-10(2)17-13-15-9-16-22(12)13/h8-9H,3-7H2,1-2H3. The Hall–Kier alpha value is -2.71. The lowest BCUT2D eigenvalue weighted by atomic mass is 10.3. The first-order valence-corrected chi connectivity index (χ1v) is 7.74. The molecule has 0 aliphatic carbocycles. The van der Waals surface area contributed by atoms with Crippen LogP contribution in [0.25, 0.3) is 5.78 Å². The van der Waals surface area contributed by atoms with Gasteiger partial charge in [0.25, 0.3) is 5.78 Å². The van der Waals surface area contributed by atoms with E-state index in [1.807, 2.05) is 19.9 Å². The first-order chi connectivity index (χ1) is 11.2. The number of hydrogen-bond donors (Lipinski definition) is 0. The summed E-state index contributed by atoms with van der Waals surface area (Å²) in [5.74, 6) is 2.33. The molecule has 120 valence electrons. The third-order valence-corrected chi connectivity index (χ3v) is 3.99. The maximum Gasteiger partial charge on any atom is 0.318 e. The fourth-order valence-corrected chi connectivity index (χ4v) is 2.78. The number of anilines is 2. The molecular formula is C14H18N8O. The van der Waals surface area contributed by atoms with Crippen LogP contribution < -0.4 is 9.80 Å². The average molecular weight is 314 g/mol. The van der Waals surface area contributed by atoms with E-state index in [9.17, 15) is 0 Å². The van der Waals surface area contributed by atoms with Crippen molar-refractivity contribution in [1.82, 2.24) is 29.8 Å². The molecule has 0 radical (unpaired) electrons. The highest BCUT2D eigenvalue weighted by Crippen LogP contribution is 2.20. The molecule has 0 aromatic carbocycles. The van der Waals surface area contributed by atoms with Gasteiger partial charge >= 0.3 is 6.01 Å². The minimum atomic E-state index is 0.610. The molecule has 9 nitrogen and oxygen atoms in total. The van der Waals surface area contributed by atoms with Crippen LogP contribution in [0.15, 0.2) is 16.8 Å². The molecule has 23 heavy (non-hydrogen) atoms. The Labute approximate surface area is 133 Å². The van der Waals surface area contributed by atoms with Gasteiger partial charge in [-0.2, -0.15) is 14.6 Å². The quantitative estimate of drug-likeness (QED) is 0.698. The van der Waals surface area contributed by atoms with Crippen molar-refractivity contribution in [2.75, 3.05) is 36.0 Å². The molecular weight excluding hydrogens is 296 g/mol. The molecule has 0 bridgehead atoms. The van der Waals surface area contributed by atoms with E-state index in [0.717, 1.165) is 44.1 Å². The summed E-state index contributed by atoms with van der Waals surface area (Å²) in [6, 6.07) is 2.65. The van der Waals surface area contributed by atoms with Crippen molar-refractivity contribution >= 4 is 17.6 Å². The highest BCUT2D eigenvalue weighted by Gasteiger charge is 2.23. The molecule has 1 fully saturated rings. The fourth-order valence-electron chi connectivity index (χ4n) is 2.78. The van der Waals surface area contributed by atoms with Crippen LogP contribution in [0.4, 0.5) is 11.8 Å². The molecule has 1 saturated heterocycles. The summed E-state index contributed by atoms with van der Waals surface area (Å²) in [5, 5.41) is 12.4. The van der Waals surface area contributed by atoms with Gasteiger partial charge in [-0.1, -0.05) is 12.0 Å². The second-order valence-electron chi connectivity index (χ2n) is 5.53. The highest BCUT2D eigenvalue weighted by atomic mass is 16.4. The Kier molecular flexibility index (Phi) is 3.32. The number of fused-ring (bicyclic) bond motifs is 1. The number of piperazine rings is 1. The van der Waals surface area contributed by atoms with Gasteiger partial charge < -0.3 is 14.2 Å². The van der Waals surface area contributed by atoms with E-state index >= 15 is 0 Å². The van der Waals surface area contributed by atoms with E-state index in [0.29, 0.717) is 17.7 Å². The van der Waals surface area contributed by atoms with Crippen molar-refractivity contribution in [1.29, 1.82) is 0 Å². The summed E-state index contributed by atoms with van der Waals surface area (Å²) >= 11 is 0. The van der Waals surface area contributed by atoms with Gasteiger partial charge in [0.2, 0.25) is 5.89 Å². The lowest BCUT2D eigenvalue weighted by Crippen LogP contribution is -2.47. The Balaban J connectivity index is 1.53. The Bertz CT molecular complexity index is 817. The van der Waals surface area contributed by atoms with Gasteiger partial charge in [-0.15, -0.1) is 5.10 Å². The molecule has 4 heterocycles. The van der Waals surface area contributed by atoms with E-state index in [2.05, 4.69) is 35.1 Å². The Morgan fingerprint density at radius 1 is 1.13 bits per heavy atom. The topological polar surface area (TPSA) is 88.5 Å². The van der Waals surface area contributed by atoms with Crippen LogP contribution in [0.5, 0.6) is 0 Å². The van der Waals surface area contributed by atoms with Crippen molar-refractivity contribution < 1.29 is 4.42 Å². The molecule has 0 saturated carbocycles. The van der Waals surface area contributed by atoms with Crippen LogP contribution in [0.2, 0.25) is 0 Å². The van der Waals surface area contributed by atoms with Crippen LogP contribution in [0.1, 0.15) is 18.5 Å². The molecule has 0 atom stereocenters. The zero-order chi connectivity index (χ0) is 15.8. The molecule has 1 aliphatic rings. The summed E-state index contributed by atoms with van der Waals surface area (Å²) in [6.07, 6.45) is 2.29. The van der Waals surface area contributed by atoms with Crippen molar-refractivity contribution in [3.63, 3.8) is 0 Å². The van der Waals surface area contributed by atoms with Crippen molar-refractivity contribution in [2.45, 2.75) is 20.3 Å². The summed E-state index contributed by atoms with van der Waals surface area (Å²) in [4.78, 5) is 13.0. The van der Waals surface area contributed by atoms with Gasteiger partial charge in [0.05, 0.1) is 0 Å². The molecule has 0 unspecified atom stereocenters. The van der Waals surface area contributed by atoms with E-state index < -0.39 is 0 Å².